The van der Waals surface area contributed by atoms with Crippen LogP contribution in [0.3, 0.4) is 0 Å². The summed E-state index contributed by atoms with van der Waals surface area (Å²) in [6.45, 7) is 0. The van der Waals surface area contributed by atoms with Crippen molar-refractivity contribution < 1.29 is 0 Å². The lowest BCUT2D eigenvalue weighted by atomic mass is 10.2. The molecule has 1 aliphatic rings. The minimum absolute atomic E-state index is 0.540. The molecule has 69 valence electrons. The summed E-state index contributed by atoms with van der Waals surface area (Å²) in [4.78, 5) is 0. The summed E-state index contributed by atoms with van der Waals surface area (Å²) < 4.78 is 0. The Morgan fingerprint density at radius 1 is 1.23 bits per heavy atom. The molecule has 0 amide bonds. The second kappa shape index (κ2) is 4.01. The first-order valence-corrected chi connectivity index (χ1v) is 5.19. The van der Waals surface area contributed by atoms with E-state index in [1.54, 1.807) is 0 Å². The maximum absolute atomic E-state index is 5.87. The summed E-state index contributed by atoms with van der Waals surface area (Å²) >= 11 is 5.87. The van der Waals surface area contributed by atoms with Crippen LogP contribution in [0.2, 0.25) is 5.02 Å². The van der Waals surface area contributed by atoms with Gasteiger partial charge in [-0.2, -0.15) is 0 Å². The highest BCUT2D eigenvalue weighted by Gasteiger charge is 2.15. The van der Waals surface area contributed by atoms with Crippen molar-refractivity contribution in [3.8, 4) is 0 Å². The van der Waals surface area contributed by atoms with Crippen molar-refractivity contribution in [1.82, 2.24) is 5.32 Å². The molecule has 1 aromatic carbocycles. The molecule has 0 spiro atoms. The second-order valence-corrected chi connectivity index (χ2v) is 3.98. The SMILES string of the molecule is Clc1cccc([N]C2CCCC2)c1. The van der Waals surface area contributed by atoms with E-state index >= 15 is 0 Å². The van der Waals surface area contributed by atoms with Gasteiger partial charge in [-0.15, -0.1) is 0 Å². The zero-order valence-electron chi connectivity index (χ0n) is 7.54. The van der Waals surface area contributed by atoms with Crippen LogP contribution >= 0.6 is 11.6 Å². The van der Waals surface area contributed by atoms with E-state index in [4.69, 9.17) is 11.6 Å². The van der Waals surface area contributed by atoms with Crippen molar-refractivity contribution in [2.45, 2.75) is 31.7 Å². The molecular weight excluding hydrogens is 182 g/mol. The third kappa shape index (κ3) is 2.38. The molecule has 0 N–H and O–H groups in total. The van der Waals surface area contributed by atoms with E-state index in [9.17, 15) is 0 Å². The van der Waals surface area contributed by atoms with Gasteiger partial charge in [0.15, 0.2) is 0 Å². The van der Waals surface area contributed by atoms with Gasteiger partial charge in [-0.25, -0.2) is 0 Å². The Morgan fingerprint density at radius 2 is 2.00 bits per heavy atom. The maximum atomic E-state index is 5.87. The zero-order valence-corrected chi connectivity index (χ0v) is 8.30. The van der Waals surface area contributed by atoms with Crippen LogP contribution in [0.15, 0.2) is 24.3 Å². The third-order valence-corrected chi connectivity index (χ3v) is 2.70. The molecule has 0 heterocycles. The molecule has 1 nitrogen and oxygen atoms in total. The smallest absolute Gasteiger partial charge is 0.0592 e. The molecule has 1 saturated carbocycles. The number of benzene rings is 1. The van der Waals surface area contributed by atoms with E-state index in [-0.39, 0.29) is 0 Å². The van der Waals surface area contributed by atoms with Gasteiger partial charge in [0.25, 0.3) is 0 Å². The second-order valence-electron chi connectivity index (χ2n) is 3.55. The molecule has 1 aromatic rings. The number of hydrogen-bond donors (Lipinski definition) is 0. The van der Waals surface area contributed by atoms with Crippen molar-refractivity contribution in [2.75, 3.05) is 0 Å². The van der Waals surface area contributed by atoms with Crippen LogP contribution in [0.5, 0.6) is 0 Å². The third-order valence-electron chi connectivity index (χ3n) is 2.46. The summed E-state index contributed by atoms with van der Waals surface area (Å²) in [5.41, 5.74) is 1.03. The predicted molar refractivity (Wildman–Crippen MR) is 55.5 cm³/mol. The molecule has 0 unspecified atom stereocenters. The molecule has 1 fully saturated rings. The Hall–Kier alpha value is -0.690. The summed E-state index contributed by atoms with van der Waals surface area (Å²) in [7, 11) is 0. The van der Waals surface area contributed by atoms with Gasteiger partial charge in [0.05, 0.1) is 11.7 Å². The summed E-state index contributed by atoms with van der Waals surface area (Å²) in [5, 5.41) is 5.41. The Labute approximate surface area is 84.1 Å². The standard InChI is InChI=1S/C11H13ClN/c12-9-4-3-7-11(8-9)13-10-5-1-2-6-10/h3-4,7-8,10H,1-2,5-6H2. The Kier molecular flexibility index (Phi) is 2.74. The lowest BCUT2D eigenvalue weighted by Crippen LogP contribution is -2.12. The first-order chi connectivity index (χ1) is 6.34. The van der Waals surface area contributed by atoms with Crippen LogP contribution in [0.1, 0.15) is 25.7 Å². The minimum Gasteiger partial charge on any atom is -0.282 e. The van der Waals surface area contributed by atoms with Gasteiger partial charge < -0.3 is 0 Å². The summed E-state index contributed by atoms with van der Waals surface area (Å²) in [6.07, 6.45) is 5.14. The molecule has 0 aromatic heterocycles. The van der Waals surface area contributed by atoms with E-state index in [1.807, 2.05) is 24.3 Å². The Bertz CT molecular complexity index is 279. The van der Waals surface area contributed by atoms with Crippen molar-refractivity contribution in [1.29, 1.82) is 0 Å². The van der Waals surface area contributed by atoms with E-state index < -0.39 is 0 Å². The van der Waals surface area contributed by atoms with Gasteiger partial charge in [0.1, 0.15) is 0 Å². The molecule has 1 aliphatic carbocycles. The molecule has 2 rings (SSSR count). The monoisotopic (exact) mass is 194 g/mol. The van der Waals surface area contributed by atoms with Crippen LogP contribution in [0.25, 0.3) is 0 Å². The highest BCUT2D eigenvalue weighted by molar-refractivity contribution is 6.30. The van der Waals surface area contributed by atoms with Gasteiger partial charge in [-0.05, 0) is 31.0 Å². The lowest BCUT2D eigenvalue weighted by molar-refractivity contribution is 0.604. The highest BCUT2D eigenvalue weighted by atomic mass is 35.5. The summed E-state index contributed by atoms with van der Waals surface area (Å²) in [5.74, 6) is 0. The number of hydrogen-bond acceptors (Lipinski definition) is 0. The largest absolute Gasteiger partial charge is 0.282 e. The molecular formula is C11H13ClN. The average molecular weight is 195 g/mol. The van der Waals surface area contributed by atoms with E-state index in [0.717, 1.165) is 10.7 Å². The first kappa shape index (κ1) is 8.89. The van der Waals surface area contributed by atoms with Gasteiger partial charge in [-0.3, -0.25) is 5.32 Å². The summed E-state index contributed by atoms with van der Waals surface area (Å²) in [6, 6.07) is 8.33. The van der Waals surface area contributed by atoms with Crippen LogP contribution in [0, 0.1) is 0 Å². The minimum atomic E-state index is 0.540. The average Bonchev–Trinajstić information content (AvgIpc) is 2.57. The fraction of sp³-hybridized carbons (Fsp3) is 0.455. The Morgan fingerprint density at radius 3 is 2.69 bits per heavy atom. The molecule has 13 heavy (non-hydrogen) atoms. The maximum Gasteiger partial charge on any atom is 0.0592 e. The van der Waals surface area contributed by atoms with Crippen LogP contribution in [-0.2, 0) is 0 Å². The fourth-order valence-corrected chi connectivity index (χ4v) is 1.99. The molecule has 0 bridgehead atoms. The number of nitrogens with zero attached hydrogens (tertiary/aromatic N) is 1. The van der Waals surface area contributed by atoms with Crippen LogP contribution in [-0.4, -0.2) is 6.04 Å². The van der Waals surface area contributed by atoms with Gasteiger partial charge in [0.2, 0.25) is 0 Å². The van der Waals surface area contributed by atoms with Crippen LogP contribution in [0.4, 0.5) is 5.69 Å². The van der Waals surface area contributed by atoms with Crippen molar-refractivity contribution in [3.63, 3.8) is 0 Å². The van der Waals surface area contributed by atoms with Crippen molar-refractivity contribution >= 4 is 17.3 Å². The fourth-order valence-electron chi connectivity index (χ4n) is 1.80. The number of rotatable bonds is 2. The van der Waals surface area contributed by atoms with E-state index in [2.05, 4.69) is 5.32 Å². The predicted octanol–water partition coefficient (Wildman–Crippen LogP) is 3.52. The van der Waals surface area contributed by atoms with Gasteiger partial charge >= 0.3 is 0 Å². The van der Waals surface area contributed by atoms with Gasteiger partial charge in [-0.1, -0.05) is 30.5 Å². The van der Waals surface area contributed by atoms with E-state index in [1.165, 1.54) is 25.7 Å². The lowest BCUT2D eigenvalue weighted by Gasteiger charge is -2.09. The highest BCUT2D eigenvalue weighted by Crippen LogP contribution is 2.23. The molecule has 2 heteroatoms. The zero-order chi connectivity index (χ0) is 9.10. The van der Waals surface area contributed by atoms with Crippen molar-refractivity contribution in [3.05, 3.63) is 29.3 Å². The molecule has 1 radical (unpaired) electrons. The molecule has 0 saturated heterocycles. The first-order valence-electron chi connectivity index (χ1n) is 4.81. The molecule has 0 atom stereocenters. The van der Waals surface area contributed by atoms with Crippen LogP contribution < -0.4 is 5.32 Å². The topological polar surface area (TPSA) is 14.1 Å². The quantitative estimate of drug-likeness (QED) is 0.684. The van der Waals surface area contributed by atoms with Gasteiger partial charge in [0, 0.05) is 5.02 Å². The number of halogens is 1. The normalized spacial score (nSPS) is 17.6. The molecule has 0 aliphatic heterocycles. The Balaban J connectivity index is 2.00. The van der Waals surface area contributed by atoms with Crippen molar-refractivity contribution in [2.24, 2.45) is 0 Å². The van der Waals surface area contributed by atoms with E-state index in [0.29, 0.717) is 6.04 Å².